The molecule has 0 aliphatic carbocycles. The number of hydrogen-bond donors (Lipinski definition) is 0. The van der Waals surface area contributed by atoms with Gasteiger partial charge in [0.25, 0.3) is 0 Å². The topological polar surface area (TPSA) is 57.0 Å². The Hall–Kier alpha value is -1.89. The number of carbonyl (C=O) groups excluding carboxylic acids is 1. The summed E-state index contributed by atoms with van der Waals surface area (Å²) in [6.07, 6.45) is 4.21. The highest BCUT2D eigenvalue weighted by atomic mass is 16.2. The maximum absolute atomic E-state index is 12.1. The lowest BCUT2D eigenvalue weighted by Gasteiger charge is -2.23. The first-order valence-corrected chi connectivity index (χ1v) is 6.63. The smallest absolute Gasteiger partial charge is 0.222 e. The normalized spacial score (nSPS) is 18.8. The van der Waals surface area contributed by atoms with Crippen LogP contribution in [0.5, 0.6) is 0 Å². The summed E-state index contributed by atoms with van der Waals surface area (Å²) < 4.78 is 0. The van der Waals surface area contributed by atoms with E-state index < -0.39 is 0 Å². The number of amides is 1. The zero-order valence-corrected chi connectivity index (χ0v) is 11.5. The van der Waals surface area contributed by atoms with Crippen molar-refractivity contribution in [3.8, 4) is 6.07 Å². The number of nitrogens with zero attached hydrogens (tertiary/aromatic N) is 3. The number of pyridine rings is 1. The average Bonchev–Trinajstić information content (AvgIpc) is 2.52. The first kappa shape index (κ1) is 13.5. The lowest BCUT2D eigenvalue weighted by molar-refractivity contribution is -0.131. The first-order valence-electron chi connectivity index (χ1n) is 6.63. The van der Waals surface area contributed by atoms with Crippen LogP contribution in [-0.2, 0) is 11.3 Å². The molecule has 0 radical (unpaired) electrons. The number of hydrogen-bond acceptors (Lipinski definition) is 3. The van der Waals surface area contributed by atoms with E-state index in [2.05, 4.69) is 18.8 Å². The molecule has 1 aliphatic heterocycles. The van der Waals surface area contributed by atoms with Gasteiger partial charge in [0.05, 0.1) is 0 Å². The molecular formula is C15H19N3O. The molecule has 4 heteroatoms. The van der Waals surface area contributed by atoms with E-state index in [0.29, 0.717) is 18.7 Å². The van der Waals surface area contributed by atoms with Crippen LogP contribution in [0.4, 0.5) is 0 Å². The van der Waals surface area contributed by atoms with Crippen molar-refractivity contribution < 1.29 is 4.79 Å². The first-order chi connectivity index (χ1) is 9.00. The van der Waals surface area contributed by atoms with Crippen LogP contribution in [0.1, 0.15) is 44.4 Å². The highest BCUT2D eigenvalue weighted by Gasteiger charge is 2.27. The Morgan fingerprint density at radius 1 is 1.47 bits per heavy atom. The average molecular weight is 257 g/mol. The standard InChI is InChI=1S/C15H19N3O/c1-15(2)5-3-14(19)18(8-6-15)11-12-4-7-17-13(9-12)10-16/h4,7,9H,3,5-6,8,11H2,1-2H3. The van der Waals surface area contributed by atoms with Crippen LogP contribution in [0, 0.1) is 16.7 Å². The zero-order chi connectivity index (χ0) is 13.9. The van der Waals surface area contributed by atoms with E-state index in [-0.39, 0.29) is 11.3 Å². The monoisotopic (exact) mass is 257 g/mol. The second-order valence-electron chi connectivity index (χ2n) is 5.89. The van der Waals surface area contributed by atoms with E-state index >= 15 is 0 Å². The summed E-state index contributed by atoms with van der Waals surface area (Å²) in [7, 11) is 0. The number of rotatable bonds is 2. The van der Waals surface area contributed by atoms with Crippen molar-refractivity contribution >= 4 is 5.91 Å². The predicted octanol–water partition coefficient (Wildman–Crippen LogP) is 2.49. The number of aromatic nitrogens is 1. The molecule has 0 atom stereocenters. The minimum absolute atomic E-state index is 0.209. The van der Waals surface area contributed by atoms with E-state index in [4.69, 9.17) is 5.26 Å². The Kier molecular flexibility index (Phi) is 3.84. The van der Waals surface area contributed by atoms with Gasteiger partial charge in [0.1, 0.15) is 11.8 Å². The maximum atomic E-state index is 12.1. The Balaban J connectivity index is 2.09. The van der Waals surface area contributed by atoms with Gasteiger partial charge in [-0.3, -0.25) is 4.79 Å². The lowest BCUT2D eigenvalue weighted by Crippen LogP contribution is -2.30. The van der Waals surface area contributed by atoms with Gasteiger partial charge < -0.3 is 4.90 Å². The molecule has 1 aromatic heterocycles. The third-order valence-corrected chi connectivity index (χ3v) is 3.74. The number of carbonyl (C=O) groups is 1. The van der Waals surface area contributed by atoms with E-state index in [1.54, 1.807) is 12.3 Å². The van der Waals surface area contributed by atoms with Crippen LogP contribution in [-0.4, -0.2) is 22.3 Å². The molecule has 0 bridgehead atoms. The largest absolute Gasteiger partial charge is 0.338 e. The molecule has 19 heavy (non-hydrogen) atoms. The fraction of sp³-hybridized carbons (Fsp3) is 0.533. The highest BCUT2D eigenvalue weighted by Crippen LogP contribution is 2.30. The Morgan fingerprint density at radius 2 is 2.26 bits per heavy atom. The van der Waals surface area contributed by atoms with Gasteiger partial charge in [-0.1, -0.05) is 13.8 Å². The maximum Gasteiger partial charge on any atom is 0.222 e. The SMILES string of the molecule is CC1(C)CCC(=O)N(Cc2ccnc(C#N)c2)CC1. The molecular weight excluding hydrogens is 238 g/mol. The summed E-state index contributed by atoms with van der Waals surface area (Å²) in [5.41, 5.74) is 1.61. The lowest BCUT2D eigenvalue weighted by atomic mass is 9.85. The van der Waals surface area contributed by atoms with Gasteiger partial charge in [-0.05, 0) is 36.0 Å². The molecule has 0 aromatic carbocycles. The van der Waals surface area contributed by atoms with E-state index in [0.717, 1.165) is 24.9 Å². The molecule has 1 fully saturated rings. The van der Waals surface area contributed by atoms with Gasteiger partial charge in [0.2, 0.25) is 5.91 Å². The van der Waals surface area contributed by atoms with Crippen molar-refractivity contribution in [2.24, 2.45) is 5.41 Å². The van der Waals surface area contributed by atoms with Gasteiger partial charge >= 0.3 is 0 Å². The van der Waals surface area contributed by atoms with Crippen molar-refractivity contribution in [2.45, 2.75) is 39.7 Å². The molecule has 4 nitrogen and oxygen atoms in total. The van der Waals surface area contributed by atoms with Crippen LogP contribution in [0.15, 0.2) is 18.3 Å². The fourth-order valence-electron chi connectivity index (χ4n) is 2.31. The van der Waals surface area contributed by atoms with Crippen LogP contribution in [0.25, 0.3) is 0 Å². The number of likely N-dealkylation sites (tertiary alicyclic amines) is 1. The molecule has 0 unspecified atom stereocenters. The van der Waals surface area contributed by atoms with Gasteiger partial charge in [0.15, 0.2) is 0 Å². The third-order valence-electron chi connectivity index (χ3n) is 3.74. The van der Waals surface area contributed by atoms with Gasteiger partial charge in [-0.25, -0.2) is 4.98 Å². The van der Waals surface area contributed by atoms with Crippen molar-refractivity contribution in [1.82, 2.24) is 9.88 Å². The van der Waals surface area contributed by atoms with Gasteiger partial charge in [-0.15, -0.1) is 0 Å². The van der Waals surface area contributed by atoms with Crippen molar-refractivity contribution in [3.05, 3.63) is 29.6 Å². The van der Waals surface area contributed by atoms with Crippen molar-refractivity contribution in [3.63, 3.8) is 0 Å². The molecule has 1 saturated heterocycles. The van der Waals surface area contributed by atoms with Crippen molar-refractivity contribution in [2.75, 3.05) is 6.54 Å². The molecule has 1 amide bonds. The molecule has 100 valence electrons. The Labute approximate surface area is 114 Å². The molecule has 2 heterocycles. The second kappa shape index (κ2) is 5.40. The Morgan fingerprint density at radius 3 is 3.00 bits per heavy atom. The molecule has 2 rings (SSSR count). The minimum Gasteiger partial charge on any atom is -0.338 e. The van der Waals surface area contributed by atoms with E-state index in [1.165, 1.54) is 0 Å². The third kappa shape index (κ3) is 3.54. The van der Waals surface area contributed by atoms with E-state index in [1.807, 2.05) is 17.0 Å². The highest BCUT2D eigenvalue weighted by molar-refractivity contribution is 5.76. The number of nitriles is 1. The zero-order valence-electron chi connectivity index (χ0n) is 11.5. The molecule has 1 aliphatic rings. The summed E-state index contributed by atoms with van der Waals surface area (Å²) in [5, 5.41) is 8.84. The molecule has 0 N–H and O–H groups in total. The summed E-state index contributed by atoms with van der Waals surface area (Å²) in [4.78, 5) is 17.9. The quantitative estimate of drug-likeness (QED) is 0.818. The Bertz CT molecular complexity index is 516. The molecule has 0 saturated carbocycles. The molecule has 1 aromatic rings. The summed E-state index contributed by atoms with van der Waals surface area (Å²) in [6.45, 7) is 5.79. The predicted molar refractivity (Wildman–Crippen MR) is 72.0 cm³/mol. The van der Waals surface area contributed by atoms with Crippen molar-refractivity contribution in [1.29, 1.82) is 5.26 Å². The summed E-state index contributed by atoms with van der Waals surface area (Å²) in [5.74, 6) is 0.209. The summed E-state index contributed by atoms with van der Waals surface area (Å²) in [6, 6.07) is 5.65. The second-order valence-corrected chi connectivity index (χ2v) is 5.89. The molecule has 0 spiro atoms. The van der Waals surface area contributed by atoms with E-state index in [9.17, 15) is 4.79 Å². The minimum atomic E-state index is 0.209. The summed E-state index contributed by atoms with van der Waals surface area (Å²) >= 11 is 0. The fourth-order valence-corrected chi connectivity index (χ4v) is 2.31. The van der Waals surface area contributed by atoms with Gasteiger partial charge in [0, 0.05) is 25.7 Å². The van der Waals surface area contributed by atoms with Crippen LogP contribution in [0.2, 0.25) is 0 Å². The van der Waals surface area contributed by atoms with Gasteiger partial charge in [-0.2, -0.15) is 5.26 Å². The van der Waals surface area contributed by atoms with Crippen LogP contribution >= 0.6 is 0 Å². The van der Waals surface area contributed by atoms with Crippen LogP contribution < -0.4 is 0 Å². The van der Waals surface area contributed by atoms with Crippen LogP contribution in [0.3, 0.4) is 0 Å².